The third kappa shape index (κ3) is 5.75. The predicted molar refractivity (Wildman–Crippen MR) is 265 cm³/mol. The molecule has 0 spiro atoms. The molecule has 0 radical (unpaired) electrons. The maximum absolute atomic E-state index is 5.30. The third-order valence-corrected chi connectivity index (χ3v) is 12.7. The van der Waals surface area contributed by atoms with E-state index in [1.807, 2.05) is 24.3 Å². The van der Waals surface area contributed by atoms with Gasteiger partial charge in [-0.25, -0.2) is 15.0 Å². The fraction of sp³-hybridized carbons (Fsp3) is 0. The van der Waals surface area contributed by atoms with Crippen molar-refractivity contribution in [3.63, 3.8) is 0 Å². The van der Waals surface area contributed by atoms with E-state index in [2.05, 4.69) is 209 Å². The molecule has 0 fully saturated rings. The SMILES string of the molecule is c1ccc(-c2ccc(-c3nc(-c4ccccc4)nc(-c4cc(-n5c6ccccc6c6cc7c8ccc9ccccc9c8n(-c8ccccc8)c7cc65)cc5ccccc45)n3)cc2)cc1. The van der Waals surface area contributed by atoms with Crippen molar-refractivity contribution in [2.24, 2.45) is 0 Å². The molecule has 0 aliphatic rings. The first-order valence-corrected chi connectivity index (χ1v) is 21.7. The zero-order chi connectivity index (χ0) is 42.1. The van der Waals surface area contributed by atoms with Gasteiger partial charge in [-0.15, -0.1) is 0 Å². The Balaban J connectivity index is 1.07. The van der Waals surface area contributed by atoms with Crippen LogP contribution in [0.15, 0.2) is 224 Å². The highest BCUT2D eigenvalue weighted by Crippen LogP contribution is 2.43. The quantitative estimate of drug-likeness (QED) is 0.168. The maximum Gasteiger partial charge on any atom is 0.164 e. The minimum atomic E-state index is 0.619. The van der Waals surface area contributed by atoms with E-state index < -0.39 is 0 Å². The normalized spacial score (nSPS) is 11.8. The molecule has 0 saturated heterocycles. The van der Waals surface area contributed by atoms with E-state index in [0.717, 1.165) is 61.0 Å². The molecule has 5 heteroatoms. The lowest BCUT2D eigenvalue weighted by Gasteiger charge is -2.15. The topological polar surface area (TPSA) is 48.5 Å². The average Bonchev–Trinajstić information content (AvgIpc) is 3.88. The van der Waals surface area contributed by atoms with Crippen molar-refractivity contribution in [3.05, 3.63) is 224 Å². The van der Waals surface area contributed by atoms with Gasteiger partial charge in [0.2, 0.25) is 0 Å². The van der Waals surface area contributed by atoms with Crippen LogP contribution in [0.4, 0.5) is 0 Å². The van der Waals surface area contributed by atoms with Crippen molar-refractivity contribution in [2.75, 3.05) is 0 Å². The number of fused-ring (bicyclic) bond motifs is 9. The average molecular weight is 816 g/mol. The van der Waals surface area contributed by atoms with E-state index in [4.69, 9.17) is 15.0 Å². The van der Waals surface area contributed by atoms with E-state index in [-0.39, 0.29) is 0 Å². The predicted octanol–water partition coefficient (Wildman–Crippen LogP) is 15.0. The number of nitrogens with zero attached hydrogens (tertiary/aromatic N) is 5. The third-order valence-electron chi connectivity index (χ3n) is 12.7. The lowest BCUT2D eigenvalue weighted by atomic mass is 10.0. The van der Waals surface area contributed by atoms with E-state index >= 15 is 0 Å². The summed E-state index contributed by atoms with van der Waals surface area (Å²) in [5.41, 5.74) is 11.9. The van der Waals surface area contributed by atoms with Crippen molar-refractivity contribution in [1.82, 2.24) is 24.1 Å². The van der Waals surface area contributed by atoms with Gasteiger partial charge in [-0.3, -0.25) is 0 Å². The minimum absolute atomic E-state index is 0.619. The highest BCUT2D eigenvalue weighted by atomic mass is 15.0. The molecular weight excluding hydrogens is 779 g/mol. The van der Waals surface area contributed by atoms with Gasteiger partial charge in [-0.2, -0.15) is 0 Å². The van der Waals surface area contributed by atoms with Crippen LogP contribution in [0.3, 0.4) is 0 Å². The van der Waals surface area contributed by atoms with E-state index in [9.17, 15) is 0 Å². The van der Waals surface area contributed by atoms with Gasteiger partial charge in [0.15, 0.2) is 17.5 Å². The number of aromatic nitrogens is 5. The molecule has 13 rings (SSSR count). The fourth-order valence-corrected chi connectivity index (χ4v) is 9.76. The van der Waals surface area contributed by atoms with Gasteiger partial charge in [-0.05, 0) is 69.8 Å². The Labute approximate surface area is 368 Å². The van der Waals surface area contributed by atoms with Gasteiger partial charge in [0, 0.05) is 55.0 Å². The summed E-state index contributed by atoms with van der Waals surface area (Å²) < 4.78 is 4.87. The molecule has 0 atom stereocenters. The summed E-state index contributed by atoms with van der Waals surface area (Å²) >= 11 is 0. The zero-order valence-electron chi connectivity index (χ0n) is 34.6. The summed E-state index contributed by atoms with van der Waals surface area (Å²) in [4.78, 5) is 15.7. The summed E-state index contributed by atoms with van der Waals surface area (Å²) in [5.74, 6) is 1.87. The minimum Gasteiger partial charge on any atom is -0.309 e. The summed E-state index contributed by atoms with van der Waals surface area (Å²) in [7, 11) is 0. The molecular formula is C59H37N5. The highest BCUT2D eigenvalue weighted by molar-refractivity contribution is 6.23. The molecule has 0 aliphatic heterocycles. The molecule has 0 saturated carbocycles. The van der Waals surface area contributed by atoms with E-state index in [0.29, 0.717) is 17.5 Å². The number of rotatable bonds is 6. The van der Waals surface area contributed by atoms with Crippen molar-refractivity contribution in [1.29, 1.82) is 0 Å². The molecule has 3 aromatic heterocycles. The van der Waals surface area contributed by atoms with Gasteiger partial charge in [0.1, 0.15) is 0 Å². The van der Waals surface area contributed by atoms with Crippen LogP contribution in [0, 0.1) is 0 Å². The molecule has 0 bridgehead atoms. The molecule has 5 nitrogen and oxygen atoms in total. The lowest BCUT2D eigenvalue weighted by Crippen LogP contribution is -2.02. The van der Waals surface area contributed by atoms with Crippen LogP contribution in [0.1, 0.15) is 0 Å². The van der Waals surface area contributed by atoms with Crippen molar-refractivity contribution < 1.29 is 0 Å². The molecule has 13 aromatic rings. The van der Waals surface area contributed by atoms with Crippen LogP contribution in [0.25, 0.3) is 122 Å². The Bertz CT molecular complexity index is 3930. The Morgan fingerprint density at radius 1 is 0.266 bits per heavy atom. The number of hydrogen-bond donors (Lipinski definition) is 0. The zero-order valence-corrected chi connectivity index (χ0v) is 34.6. The van der Waals surface area contributed by atoms with Crippen LogP contribution < -0.4 is 0 Å². The van der Waals surface area contributed by atoms with Gasteiger partial charge in [0.25, 0.3) is 0 Å². The highest BCUT2D eigenvalue weighted by Gasteiger charge is 2.22. The molecule has 0 N–H and O–H groups in total. The molecule has 298 valence electrons. The molecule has 0 aliphatic carbocycles. The van der Waals surface area contributed by atoms with Gasteiger partial charge in [-0.1, -0.05) is 182 Å². The first-order chi connectivity index (χ1) is 31.7. The number of para-hydroxylation sites is 2. The van der Waals surface area contributed by atoms with Gasteiger partial charge >= 0.3 is 0 Å². The van der Waals surface area contributed by atoms with Crippen molar-refractivity contribution >= 4 is 65.2 Å². The second-order valence-electron chi connectivity index (χ2n) is 16.4. The lowest BCUT2D eigenvalue weighted by molar-refractivity contribution is 1.07. The Hall–Kier alpha value is -8.67. The Kier molecular flexibility index (Phi) is 8.15. The summed E-state index contributed by atoms with van der Waals surface area (Å²) in [6, 6.07) is 79.9. The van der Waals surface area contributed by atoms with E-state index in [1.54, 1.807) is 0 Å². The van der Waals surface area contributed by atoms with Crippen LogP contribution in [0.5, 0.6) is 0 Å². The molecule has 10 aromatic carbocycles. The molecule has 0 amide bonds. The van der Waals surface area contributed by atoms with Crippen molar-refractivity contribution in [3.8, 4) is 56.7 Å². The second-order valence-corrected chi connectivity index (χ2v) is 16.4. The standard InChI is InChI=1S/C59H37N5/c1-4-16-38(17-5-1)39-28-30-42(31-29-39)58-60-57(41-19-6-2-7-20-41)61-59(62-58)52-35-45(34-43-21-11-12-24-46(43)52)63-53-27-15-14-26-48(53)50-36-51-49-33-32-40-18-10-13-25-47(40)56(49)64(55(51)37-54(50)63)44-22-8-3-9-23-44/h1-37H. The first-order valence-electron chi connectivity index (χ1n) is 21.7. The number of benzene rings is 10. The molecule has 3 heterocycles. The monoisotopic (exact) mass is 815 g/mol. The summed E-state index contributed by atoms with van der Waals surface area (Å²) in [5, 5.41) is 9.48. The largest absolute Gasteiger partial charge is 0.309 e. The molecule has 0 unspecified atom stereocenters. The van der Waals surface area contributed by atoms with Crippen LogP contribution in [-0.2, 0) is 0 Å². The Morgan fingerprint density at radius 3 is 1.55 bits per heavy atom. The Morgan fingerprint density at radius 2 is 0.797 bits per heavy atom. The van der Waals surface area contributed by atoms with Gasteiger partial charge in [0.05, 0.1) is 22.1 Å². The smallest absolute Gasteiger partial charge is 0.164 e. The van der Waals surface area contributed by atoms with Crippen LogP contribution >= 0.6 is 0 Å². The van der Waals surface area contributed by atoms with E-state index in [1.165, 1.54) is 43.4 Å². The summed E-state index contributed by atoms with van der Waals surface area (Å²) in [6.45, 7) is 0. The molecule has 64 heavy (non-hydrogen) atoms. The van der Waals surface area contributed by atoms with Crippen molar-refractivity contribution in [2.45, 2.75) is 0 Å². The summed E-state index contributed by atoms with van der Waals surface area (Å²) in [6.07, 6.45) is 0. The second kappa shape index (κ2) is 14.5. The van der Waals surface area contributed by atoms with Gasteiger partial charge < -0.3 is 9.13 Å². The van der Waals surface area contributed by atoms with Crippen LogP contribution in [0.2, 0.25) is 0 Å². The maximum atomic E-state index is 5.30. The first kappa shape index (κ1) is 36.0. The fourth-order valence-electron chi connectivity index (χ4n) is 9.76. The van der Waals surface area contributed by atoms with Crippen LogP contribution in [-0.4, -0.2) is 24.1 Å². The number of hydrogen-bond acceptors (Lipinski definition) is 3.